The molecule has 7 heteroatoms. The minimum absolute atomic E-state index is 0.178. The Balaban J connectivity index is 2.13. The number of benzene rings is 2. The van der Waals surface area contributed by atoms with Crippen LogP contribution in [-0.4, -0.2) is 43.0 Å². The van der Waals surface area contributed by atoms with Crippen LogP contribution in [0.5, 0.6) is 11.5 Å². The zero-order valence-corrected chi connectivity index (χ0v) is 18.7. The van der Waals surface area contributed by atoms with Gasteiger partial charge < -0.3 is 19.7 Å². The Hall–Kier alpha value is -2.73. The van der Waals surface area contributed by atoms with Crippen LogP contribution in [0.2, 0.25) is 5.02 Å². The largest absolute Gasteiger partial charge is 0.497 e. The van der Waals surface area contributed by atoms with Crippen molar-refractivity contribution in [3.63, 3.8) is 0 Å². The van der Waals surface area contributed by atoms with Crippen LogP contribution < -0.4 is 14.8 Å². The first-order valence-electron chi connectivity index (χ1n) is 9.94. The highest BCUT2D eigenvalue weighted by Gasteiger charge is 2.26. The summed E-state index contributed by atoms with van der Waals surface area (Å²) in [5.41, 5.74) is 1.76. The van der Waals surface area contributed by atoms with Crippen molar-refractivity contribution in [2.45, 2.75) is 39.8 Å². The van der Waals surface area contributed by atoms with Gasteiger partial charge in [-0.05, 0) is 61.7 Å². The minimum atomic E-state index is -0.637. The highest BCUT2D eigenvalue weighted by molar-refractivity contribution is 6.31. The van der Waals surface area contributed by atoms with Crippen LogP contribution in [0.4, 0.5) is 0 Å². The highest BCUT2D eigenvalue weighted by Crippen LogP contribution is 2.21. The van der Waals surface area contributed by atoms with Crippen molar-refractivity contribution in [3.8, 4) is 11.5 Å². The first-order valence-corrected chi connectivity index (χ1v) is 10.3. The molecule has 0 radical (unpaired) electrons. The molecule has 2 aromatic rings. The first kappa shape index (κ1) is 23.5. The van der Waals surface area contributed by atoms with E-state index in [-0.39, 0.29) is 25.0 Å². The maximum absolute atomic E-state index is 13.0. The fourth-order valence-electron chi connectivity index (χ4n) is 2.84. The molecule has 0 aliphatic carbocycles. The quantitative estimate of drug-likeness (QED) is 0.616. The highest BCUT2D eigenvalue weighted by atomic mass is 35.5. The molecule has 0 aliphatic heterocycles. The number of carbonyl (C=O) groups is 2. The second-order valence-electron chi connectivity index (χ2n) is 7.04. The van der Waals surface area contributed by atoms with Gasteiger partial charge in [-0.15, -0.1) is 0 Å². The lowest BCUT2D eigenvalue weighted by Gasteiger charge is -2.28. The van der Waals surface area contributed by atoms with Crippen LogP contribution in [0.3, 0.4) is 0 Å². The average Bonchev–Trinajstić information content (AvgIpc) is 2.76. The smallest absolute Gasteiger partial charge is 0.261 e. The number of nitrogens with one attached hydrogen (secondary N) is 1. The van der Waals surface area contributed by atoms with E-state index in [1.54, 1.807) is 32.2 Å². The molecule has 2 amide bonds. The number of nitrogens with zero attached hydrogens (tertiary/aromatic N) is 1. The Morgan fingerprint density at radius 1 is 1.13 bits per heavy atom. The van der Waals surface area contributed by atoms with E-state index in [0.29, 0.717) is 17.3 Å². The predicted octanol–water partition coefficient (Wildman–Crippen LogP) is 3.98. The number of aryl methyl sites for hydroxylation is 1. The van der Waals surface area contributed by atoms with E-state index in [4.69, 9.17) is 21.1 Å². The van der Waals surface area contributed by atoms with E-state index in [0.717, 1.165) is 23.3 Å². The monoisotopic (exact) mass is 432 g/mol. The molecular formula is C23H29ClN2O4. The van der Waals surface area contributed by atoms with Crippen LogP contribution in [0.25, 0.3) is 0 Å². The molecule has 0 unspecified atom stereocenters. The summed E-state index contributed by atoms with van der Waals surface area (Å²) < 4.78 is 10.9. The van der Waals surface area contributed by atoms with Gasteiger partial charge in [-0.1, -0.05) is 30.7 Å². The lowest BCUT2D eigenvalue weighted by atomic mass is 10.1. The molecule has 6 nitrogen and oxygen atoms in total. The van der Waals surface area contributed by atoms with Crippen molar-refractivity contribution in [1.29, 1.82) is 0 Å². The Morgan fingerprint density at radius 2 is 1.80 bits per heavy atom. The molecule has 2 rings (SSSR count). The van der Waals surface area contributed by atoms with Gasteiger partial charge in [0.25, 0.3) is 5.91 Å². The van der Waals surface area contributed by atoms with Gasteiger partial charge in [0.1, 0.15) is 17.5 Å². The van der Waals surface area contributed by atoms with Gasteiger partial charge in [-0.2, -0.15) is 0 Å². The van der Waals surface area contributed by atoms with Gasteiger partial charge in [0, 0.05) is 18.1 Å². The van der Waals surface area contributed by atoms with Crippen LogP contribution in [0.15, 0.2) is 42.5 Å². The third-order valence-electron chi connectivity index (χ3n) is 4.72. The minimum Gasteiger partial charge on any atom is -0.497 e. The SMILES string of the molecule is CCCNC(=O)[C@@H](C)N(Cc1ccc(OC)cc1)C(=O)COc1ccc(Cl)c(C)c1. The number of halogens is 1. The third kappa shape index (κ3) is 6.66. The van der Waals surface area contributed by atoms with Crippen molar-refractivity contribution in [2.75, 3.05) is 20.3 Å². The molecule has 0 spiro atoms. The molecule has 0 aliphatic rings. The zero-order valence-electron chi connectivity index (χ0n) is 17.9. The average molecular weight is 433 g/mol. The first-order chi connectivity index (χ1) is 14.3. The Kier molecular flexibility index (Phi) is 8.99. The zero-order chi connectivity index (χ0) is 22.1. The molecule has 0 heterocycles. The number of hydrogen-bond donors (Lipinski definition) is 1. The van der Waals surface area contributed by atoms with Crippen molar-refractivity contribution < 1.29 is 19.1 Å². The van der Waals surface area contributed by atoms with Gasteiger partial charge in [0.2, 0.25) is 5.91 Å². The lowest BCUT2D eigenvalue weighted by molar-refractivity contribution is -0.142. The van der Waals surface area contributed by atoms with E-state index in [1.807, 2.05) is 38.1 Å². The fourth-order valence-corrected chi connectivity index (χ4v) is 2.96. The normalized spacial score (nSPS) is 11.5. The molecule has 0 fully saturated rings. The van der Waals surface area contributed by atoms with Crippen LogP contribution in [-0.2, 0) is 16.1 Å². The summed E-state index contributed by atoms with van der Waals surface area (Å²) in [6.45, 7) is 6.24. The number of methoxy groups -OCH3 is 1. The number of hydrogen-bond acceptors (Lipinski definition) is 4. The summed E-state index contributed by atoms with van der Waals surface area (Å²) in [5, 5.41) is 3.49. The van der Waals surface area contributed by atoms with Crippen LogP contribution >= 0.6 is 11.6 Å². The molecule has 1 atom stereocenters. The summed E-state index contributed by atoms with van der Waals surface area (Å²) in [6.07, 6.45) is 0.823. The summed E-state index contributed by atoms with van der Waals surface area (Å²) in [4.78, 5) is 27.0. The van der Waals surface area contributed by atoms with Gasteiger partial charge in [-0.3, -0.25) is 9.59 Å². The number of carbonyl (C=O) groups excluding carboxylic acids is 2. The Bertz CT molecular complexity index is 855. The maximum atomic E-state index is 13.0. The van der Waals surface area contributed by atoms with Gasteiger partial charge in [-0.25, -0.2) is 0 Å². The van der Waals surface area contributed by atoms with Gasteiger partial charge in [0.05, 0.1) is 7.11 Å². The van der Waals surface area contributed by atoms with Crippen molar-refractivity contribution in [1.82, 2.24) is 10.2 Å². The van der Waals surface area contributed by atoms with Crippen molar-refractivity contribution in [2.24, 2.45) is 0 Å². The van der Waals surface area contributed by atoms with Crippen molar-refractivity contribution in [3.05, 3.63) is 58.6 Å². The molecule has 30 heavy (non-hydrogen) atoms. The summed E-state index contributed by atoms with van der Waals surface area (Å²) in [7, 11) is 1.60. The number of amides is 2. The standard InChI is InChI=1S/C23H29ClN2O4/c1-5-12-25-23(28)17(3)26(14-18-6-8-19(29-4)9-7-18)22(27)15-30-20-10-11-21(24)16(2)13-20/h6-11,13,17H,5,12,14-15H2,1-4H3,(H,25,28)/t17-/m1/s1. The number of rotatable bonds is 10. The summed E-state index contributed by atoms with van der Waals surface area (Å²) >= 11 is 6.04. The van der Waals surface area contributed by atoms with Crippen LogP contribution in [0, 0.1) is 6.92 Å². The Labute approximate surface area is 183 Å². The van der Waals surface area contributed by atoms with E-state index in [2.05, 4.69) is 5.32 Å². The third-order valence-corrected chi connectivity index (χ3v) is 5.14. The predicted molar refractivity (Wildman–Crippen MR) is 118 cm³/mol. The van der Waals surface area contributed by atoms with Gasteiger partial charge >= 0.3 is 0 Å². The number of ether oxygens (including phenoxy) is 2. The van der Waals surface area contributed by atoms with E-state index in [1.165, 1.54) is 4.90 Å². The Morgan fingerprint density at radius 3 is 2.40 bits per heavy atom. The topological polar surface area (TPSA) is 67.9 Å². The van der Waals surface area contributed by atoms with Gasteiger partial charge in [0.15, 0.2) is 6.61 Å². The molecular weight excluding hydrogens is 404 g/mol. The summed E-state index contributed by atoms with van der Waals surface area (Å²) in [5.74, 6) is 0.808. The van der Waals surface area contributed by atoms with E-state index >= 15 is 0 Å². The van der Waals surface area contributed by atoms with Crippen LogP contribution in [0.1, 0.15) is 31.4 Å². The molecule has 0 aromatic heterocycles. The van der Waals surface area contributed by atoms with E-state index < -0.39 is 6.04 Å². The lowest BCUT2D eigenvalue weighted by Crippen LogP contribution is -2.49. The molecule has 0 saturated heterocycles. The van der Waals surface area contributed by atoms with E-state index in [9.17, 15) is 9.59 Å². The molecule has 0 bridgehead atoms. The summed E-state index contributed by atoms with van der Waals surface area (Å²) in [6, 6.07) is 12.0. The maximum Gasteiger partial charge on any atom is 0.261 e. The molecule has 0 saturated carbocycles. The van der Waals surface area contributed by atoms with Crippen molar-refractivity contribution >= 4 is 23.4 Å². The molecule has 162 valence electrons. The second kappa shape index (κ2) is 11.5. The molecule has 1 N–H and O–H groups in total. The molecule has 2 aromatic carbocycles. The second-order valence-corrected chi connectivity index (χ2v) is 7.44. The fraction of sp³-hybridized carbons (Fsp3) is 0.391.